The fraction of sp³-hybridized carbons (Fsp3) is 0. The second-order valence-corrected chi connectivity index (χ2v) is 6.88. The van der Waals surface area contributed by atoms with Crippen LogP contribution in [0, 0.1) is 3.57 Å². The Morgan fingerprint density at radius 1 is 1.05 bits per heavy atom. The van der Waals surface area contributed by atoms with E-state index in [1.807, 2.05) is 36.4 Å². The Balaban J connectivity index is 2.01. The van der Waals surface area contributed by atoms with Crippen LogP contribution in [0.2, 0.25) is 0 Å². The van der Waals surface area contributed by atoms with Gasteiger partial charge in [0.25, 0.3) is 10.0 Å². The van der Waals surface area contributed by atoms with Crippen molar-refractivity contribution >= 4 is 49.9 Å². The molecule has 0 amide bonds. The number of nitrogens with zero attached hydrogens (tertiary/aromatic N) is 1. The standard InChI is InChI=1S/C13H10IN3O2S/c14-10-7-4-8-11-12(10)16-13(17-20(11,18)19)15-9-5-2-1-3-6-9/h1-8H,(H2,15,16,17). The number of guanidine groups is 1. The molecule has 0 aliphatic carbocycles. The minimum Gasteiger partial charge on any atom is -0.325 e. The molecular formula is C13H10IN3O2S. The van der Waals surface area contributed by atoms with Crippen LogP contribution >= 0.6 is 22.6 Å². The van der Waals surface area contributed by atoms with Gasteiger partial charge in [0.1, 0.15) is 4.90 Å². The number of nitrogens with one attached hydrogen (secondary N) is 2. The zero-order chi connectivity index (χ0) is 14.2. The van der Waals surface area contributed by atoms with Crippen LogP contribution in [0.3, 0.4) is 0 Å². The summed E-state index contributed by atoms with van der Waals surface area (Å²) in [7, 11) is -3.68. The molecule has 0 saturated heterocycles. The van der Waals surface area contributed by atoms with Crippen molar-refractivity contribution in [3.8, 4) is 0 Å². The molecule has 0 unspecified atom stereocenters. The second kappa shape index (κ2) is 5.06. The van der Waals surface area contributed by atoms with Gasteiger partial charge in [-0.3, -0.25) is 0 Å². The molecule has 0 fully saturated rings. The van der Waals surface area contributed by atoms with Gasteiger partial charge in [0.05, 0.1) is 5.69 Å². The van der Waals surface area contributed by atoms with E-state index < -0.39 is 10.0 Å². The minimum absolute atomic E-state index is 0.197. The third-order valence-corrected chi connectivity index (χ3v) is 4.96. The predicted molar refractivity (Wildman–Crippen MR) is 87.5 cm³/mol. The van der Waals surface area contributed by atoms with Crippen LogP contribution in [-0.2, 0) is 10.0 Å². The van der Waals surface area contributed by atoms with E-state index in [0.29, 0.717) is 5.69 Å². The molecule has 5 nitrogen and oxygen atoms in total. The van der Waals surface area contributed by atoms with Gasteiger partial charge in [0, 0.05) is 9.26 Å². The average Bonchev–Trinajstić information content (AvgIpc) is 2.41. The van der Waals surface area contributed by atoms with Crippen molar-refractivity contribution in [1.29, 1.82) is 0 Å². The lowest BCUT2D eigenvalue weighted by Gasteiger charge is -2.20. The first-order chi connectivity index (χ1) is 9.56. The van der Waals surface area contributed by atoms with Crippen LogP contribution in [0.15, 0.2) is 57.8 Å². The molecule has 102 valence electrons. The van der Waals surface area contributed by atoms with E-state index in [4.69, 9.17) is 0 Å². The highest BCUT2D eigenvalue weighted by Gasteiger charge is 2.26. The zero-order valence-electron chi connectivity index (χ0n) is 10.2. The summed E-state index contributed by atoms with van der Waals surface area (Å²) < 4.78 is 28.9. The van der Waals surface area contributed by atoms with Crippen molar-refractivity contribution in [2.45, 2.75) is 4.90 Å². The topological polar surface area (TPSA) is 70.6 Å². The van der Waals surface area contributed by atoms with Crippen LogP contribution in [0.4, 0.5) is 11.4 Å². The Morgan fingerprint density at radius 2 is 1.80 bits per heavy atom. The van der Waals surface area contributed by atoms with Crippen LogP contribution in [0.25, 0.3) is 0 Å². The third kappa shape index (κ3) is 2.50. The van der Waals surface area contributed by atoms with Gasteiger partial charge < -0.3 is 10.6 Å². The SMILES string of the molecule is O=S1(=O)N=C(Nc2ccccc2)Nc2c(I)cccc21. The van der Waals surface area contributed by atoms with Crippen LogP contribution in [0.1, 0.15) is 0 Å². The number of halogens is 1. The number of benzene rings is 2. The Morgan fingerprint density at radius 3 is 2.55 bits per heavy atom. The number of para-hydroxylation sites is 2. The fourth-order valence-electron chi connectivity index (χ4n) is 1.86. The van der Waals surface area contributed by atoms with Gasteiger partial charge in [-0.2, -0.15) is 8.42 Å². The normalized spacial score (nSPS) is 15.8. The highest BCUT2D eigenvalue weighted by atomic mass is 127. The maximum Gasteiger partial charge on any atom is 0.287 e. The predicted octanol–water partition coefficient (Wildman–Crippen LogP) is 2.87. The summed E-state index contributed by atoms with van der Waals surface area (Å²) in [5.41, 5.74) is 1.32. The second-order valence-electron chi connectivity index (χ2n) is 4.14. The molecular weight excluding hydrogens is 389 g/mol. The lowest BCUT2D eigenvalue weighted by atomic mass is 10.3. The lowest BCUT2D eigenvalue weighted by Crippen LogP contribution is -2.28. The van der Waals surface area contributed by atoms with Gasteiger partial charge >= 0.3 is 0 Å². The van der Waals surface area contributed by atoms with E-state index in [9.17, 15) is 8.42 Å². The Labute approximate surface area is 130 Å². The number of fused-ring (bicyclic) bond motifs is 1. The van der Waals surface area contributed by atoms with Crippen LogP contribution in [-0.4, -0.2) is 14.4 Å². The highest BCUT2D eigenvalue weighted by Crippen LogP contribution is 2.31. The van der Waals surface area contributed by atoms with E-state index >= 15 is 0 Å². The number of anilines is 2. The fourth-order valence-corrected chi connectivity index (χ4v) is 3.78. The maximum absolute atomic E-state index is 12.2. The van der Waals surface area contributed by atoms with Gasteiger partial charge in [-0.05, 0) is 46.9 Å². The first kappa shape index (κ1) is 13.4. The van der Waals surface area contributed by atoms with Gasteiger partial charge in [0.15, 0.2) is 0 Å². The Kier molecular flexibility index (Phi) is 3.38. The van der Waals surface area contributed by atoms with Crippen molar-refractivity contribution in [1.82, 2.24) is 0 Å². The van der Waals surface area contributed by atoms with Crippen molar-refractivity contribution in [3.05, 3.63) is 52.1 Å². The largest absolute Gasteiger partial charge is 0.325 e. The van der Waals surface area contributed by atoms with Gasteiger partial charge in [-0.1, -0.05) is 24.3 Å². The molecule has 2 aromatic carbocycles. The number of sulfonamides is 1. The summed E-state index contributed by atoms with van der Waals surface area (Å²) >= 11 is 2.09. The van der Waals surface area contributed by atoms with E-state index in [2.05, 4.69) is 37.6 Å². The summed E-state index contributed by atoms with van der Waals surface area (Å²) in [6.07, 6.45) is 0. The van der Waals surface area contributed by atoms with Gasteiger partial charge in [-0.25, -0.2) is 0 Å². The Hall–Kier alpha value is -1.61. The molecule has 0 aromatic heterocycles. The van der Waals surface area contributed by atoms with E-state index in [0.717, 1.165) is 9.26 Å². The molecule has 2 N–H and O–H groups in total. The summed E-state index contributed by atoms with van der Waals surface area (Å²) in [6.45, 7) is 0. The summed E-state index contributed by atoms with van der Waals surface area (Å²) in [6, 6.07) is 14.4. The van der Waals surface area contributed by atoms with Gasteiger partial charge in [0.2, 0.25) is 5.96 Å². The van der Waals surface area contributed by atoms with Crippen molar-refractivity contribution < 1.29 is 8.42 Å². The first-order valence-electron chi connectivity index (χ1n) is 5.79. The molecule has 1 aliphatic heterocycles. The summed E-state index contributed by atoms with van der Waals surface area (Å²) in [4.78, 5) is 0.197. The molecule has 1 aliphatic rings. The van der Waals surface area contributed by atoms with E-state index in [-0.39, 0.29) is 10.9 Å². The average molecular weight is 399 g/mol. The Bertz CT molecular complexity index is 789. The molecule has 20 heavy (non-hydrogen) atoms. The summed E-state index contributed by atoms with van der Waals surface area (Å²) in [5.74, 6) is 0.202. The quantitative estimate of drug-likeness (QED) is 0.724. The molecule has 2 aromatic rings. The third-order valence-electron chi connectivity index (χ3n) is 2.74. The first-order valence-corrected chi connectivity index (χ1v) is 8.31. The molecule has 7 heteroatoms. The minimum atomic E-state index is -3.68. The van der Waals surface area contributed by atoms with Crippen molar-refractivity contribution in [2.75, 3.05) is 10.6 Å². The zero-order valence-corrected chi connectivity index (χ0v) is 13.1. The maximum atomic E-state index is 12.2. The van der Waals surface area contributed by atoms with E-state index in [1.165, 1.54) is 0 Å². The smallest absolute Gasteiger partial charge is 0.287 e. The summed E-state index contributed by atoms with van der Waals surface area (Å²) in [5, 5.41) is 5.98. The van der Waals surface area contributed by atoms with Crippen LogP contribution < -0.4 is 10.6 Å². The van der Waals surface area contributed by atoms with Crippen molar-refractivity contribution in [2.24, 2.45) is 4.40 Å². The molecule has 0 atom stereocenters. The molecule has 0 saturated carbocycles. The number of hydrogen-bond acceptors (Lipinski definition) is 4. The van der Waals surface area contributed by atoms with E-state index in [1.54, 1.807) is 12.1 Å². The molecule has 0 bridgehead atoms. The number of rotatable bonds is 1. The molecule has 3 rings (SSSR count). The molecule has 0 radical (unpaired) electrons. The van der Waals surface area contributed by atoms with Crippen LogP contribution in [0.5, 0.6) is 0 Å². The van der Waals surface area contributed by atoms with Crippen molar-refractivity contribution in [3.63, 3.8) is 0 Å². The lowest BCUT2D eigenvalue weighted by molar-refractivity contribution is 0.597. The molecule has 0 spiro atoms. The monoisotopic (exact) mass is 399 g/mol. The highest BCUT2D eigenvalue weighted by molar-refractivity contribution is 14.1. The number of hydrogen-bond donors (Lipinski definition) is 2. The van der Waals surface area contributed by atoms with Gasteiger partial charge in [-0.15, -0.1) is 4.40 Å². The molecule has 1 heterocycles.